The van der Waals surface area contributed by atoms with Crippen molar-refractivity contribution < 1.29 is 0 Å². The molecule has 0 unspecified atom stereocenters. The number of benzene rings is 1. The van der Waals surface area contributed by atoms with Crippen LogP contribution >= 0.6 is 0 Å². The van der Waals surface area contributed by atoms with Gasteiger partial charge in [-0.1, -0.05) is 52.0 Å². The lowest BCUT2D eigenvalue weighted by Crippen LogP contribution is -2.37. The quantitative estimate of drug-likeness (QED) is 0.584. The Balaban J connectivity index is 2.70. The van der Waals surface area contributed by atoms with Gasteiger partial charge in [-0.25, -0.2) is 0 Å². The maximum atomic E-state index is 3.40. The molecule has 0 atom stereocenters. The van der Waals surface area contributed by atoms with Gasteiger partial charge >= 0.3 is 0 Å². The van der Waals surface area contributed by atoms with E-state index in [9.17, 15) is 0 Å². The lowest BCUT2D eigenvalue weighted by Gasteiger charge is -2.26. The number of hydrogen-bond donors (Lipinski definition) is 2. The normalized spacial score (nSPS) is 12.1. The van der Waals surface area contributed by atoms with Gasteiger partial charge in [-0.15, -0.1) is 0 Å². The molecule has 0 radical (unpaired) electrons. The van der Waals surface area contributed by atoms with E-state index < -0.39 is 0 Å². The first-order valence-corrected chi connectivity index (χ1v) is 6.43. The molecular formula is C15H26N2. The van der Waals surface area contributed by atoms with Crippen molar-refractivity contribution in [2.45, 2.75) is 39.0 Å². The predicted molar refractivity (Wildman–Crippen MR) is 75.5 cm³/mol. The summed E-state index contributed by atoms with van der Waals surface area (Å²) >= 11 is 0. The smallest absolute Gasteiger partial charge is 0.0452 e. The summed E-state index contributed by atoms with van der Waals surface area (Å²) in [4.78, 5) is 0. The molecule has 0 fully saturated rings. The fourth-order valence-electron chi connectivity index (χ4n) is 1.92. The van der Waals surface area contributed by atoms with Crippen molar-refractivity contribution in [1.82, 2.24) is 10.6 Å². The highest BCUT2D eigenvalue weighted by Crippen LogP contribution is 2.24. The van der Waals surface area contributed by atoms with Crippen molar-refractivity contribution in [3.05, 3.63) is 35.4 Å². The predicted octanol–water partition coefficient (Wildman–Crippen LogP) is 2.85. The van der Waals surface area contributed by atoms with Crippen molar-refractivity contribution in [3.8, 4) is 0 Å². The number of hydrogen-bond acceptors (Lipinski definition) is 2. The molecule has 0 bridgehead atoms. The maximum absolute atomic E-state index is 3.40. The lowest BCUT2D eigenvalue weighted by molar-refractivity contribution is 0.460. The Bertz CT molecular complexity index is 325. The van der Waals surface area contributed by atoms with Crippen molar-refractivity contribution in [2.24, 2.45) is 0 Å². The van der Waals surface area contributed by atoms with E-state index in [4.69, 9.17) is 0 Å². The van der Waals surface area contributed by atoms with E-state index in [1.54, 1.807) is 0 Å². The molecule has 0 aliphatic carbocycles. The molecule has 1 aromatic rings. The van der Waals surface area contributed by atoms with Gasteiger partial charge < -0.3 is 10.6 Å². The largest absolute Gasteiger partial charge is 0.308 e. The molecule has 0 aliphatic rings. The van der Waals surface area contributed by atoms with Crippen molar-refractivity contribution in [1.29, 1.82) is 0 Å². The van der Waals surface area contributed by atoms with Crippen LogP contribution in [0.5, 0.6) is 0 Å². The van der Waals surface area contributed by atoms with E-state index >= 15 is 0 Å². The number of rotatable bonds is 6. The molecule has 0 saturated carbocycles. The average Bonchev–Trinajstić information content (AvgIpc) is 2.29. The second-order valence-electron chi connectivity index (χ2n) is 5.62. The molecule has 96 valence electrons. The van der Waals surface area contributed by atoms with Gasteiger partial charge in [-0.05, 0) is 24.1 Å². The van der Waals surface area contributed by atoms with Crippen LogP contribution in [-0.4, -0.2) is 20.3 Å². The topological polar surface area (TPSA) is 24.1 Å². The van der Waals surface area contributed by atoms with Gasteiger partial charge in [0.05, 0.1) is 0 Å². The minimum atomic E-state index is 0.173. The third-order valence-electron chi connectivity index (χ3n) is 3.23. The van der Waals surface area contributed by atoms with Gasteiger partial charge in [0.2, 0.25) is 0 Å². The van der Waals surface area contributed by atoms with Crippen molar-refractivity contribution in [2.75, 3.05) is 20.3 Å². The van der Waals surface area contributed by atoms with E-state index in [0.29, 0.717) is 5.92 Å². The Kier molecular flexibility index (Phi) is 5.16. The molecule has 2 heteroatoms. The Morgan fingerprint density at radius 1 is 1.12 bits per heavy atom. The Morgan fingerprint density at radius 3 is 2.18 bits per heavy atom. The maximum Gasteiger partial charge on any atom is 0.0452 e. The van der Waals surface area contributed by atoms with Crippen LogP contribution in [-0.2, 0) is 5.41 Å². The van der Waals surface area contributed by atoms with Crippen LogP contribution < -0.4 is 10.6 Å². The van der Waals surface area contributed by atoms with Crippen LogP contribution in [0.3, 0.4) is 0 Å². The first-order valence-electron chi connectivity index (χ1n) is 6.43. The van der Waals surface area contributed by atoms with Crippen molar-refractivity contribution >= 4 is 0 Å². The van der Waals surface area contributed by atoms with Crippen LogP contribution in [0.15, 0.2) is 24.3 Å². The highest BCUT2D eigenvalue weighted by molar-refractivity contribution is 5.29. The van der Waals surface area contributed by atoms with Crippen LogP contribution in [0, 0.1) is 0 Å². The van der Waals surface area contributed by atoms with Crippen LogP contribution in [0.25, 0.3) is 0 Å². The molecule has 1 aromatic carbocycles. The molecule has 17 heavy (non-hydrogen) atoms. The molecule has 2 N–H and O–H groups in total. The number of nitrogens with one attached hydrogen (secondary N) is 2. The fourth-order valence-corrected chi connectivity index (χ4v) is 1.92. The van der Waals surface area contributed by atoms with Crippen LogP contribution in [0.2, 0.25) is 0 Å². The van der Waals surface area contributed by atoms with E-state index in [1.165, 1.54) is 11.1 Å². The first-order chi connectivity index (χ1) is 7.97. The van der Waals surface area contributed by atoms with Crippen LogP contribution in [0.4, 0.5) is 0 Å². The van der Waals surface area contributed by atoms with Gasteiger partial charge in [0.25, 0.3) is 0 Å². The Morgan fingerprint density at radius 2 is 1.71 bits per heavy atom. The summed E-state index contributed by atoms with van der Waals surface area (Å²) in [6, 6.07) is 9.02. The fraction of sp³-hybridized carbons (Fsp3) is 0.600. The highest BCUT2D eigenvalue weighted by Gasteiger charge is 2.19. The monoisotopic (exact) mass is 234 g/mol. The first kappa shape index (κ1) is 14.2. The molecule has 0 amide bonds. The van der Waals surface area contributed by atoms with Gasteiger partial charge in [-0.3, -0.25) is 0 Å². The van der Waals surface area contributed by atoms with Gasteiger partial charge in [0.15, 0.2) is 0 Å². The SMILES string of the molecule is CNCNCC(C)(C)c1ccc(C(C)C)cc1. The molecule has 0 aliphatic heterocycles. The summed E-state index contributed by atoms with van der Waals surface area (Å²) in [7, 11) is 1.96. The zero-order chi connectivity index (χ0) is 12.9. The minimum Gasteiger partial charge on any atom is -0.308 e. The van der Waals surface area contributed by atoms with E-state index in [0.717, 1.165) is 13.2 Å². The standard InChI is InChI=1S/C15H26N2/c1-12(2)13-6-8-14(9-7-13)15(3,4)10-17-11-16-5/h6-9,12,16-17H,10-11H2,1-5H3. The van der Waals surface area contributed by atoms with E-state index in [2.05, 4.69) is 62.6 Å². The zero-order valence-corrected chi connectivity index (χ0v) is 11.8. The van der Waals surface area contributed by atoms with Gasteiger partial charge in [0, 0.05) is 18.6 Å². The zero-order valence-electron chi connectivity index (χ0n) is 11.8. The van der Waals surface area contributed by atoms with E-state index in [-0.39, 0.29) is 5.41 Å². The summed E-state index contributed by atoms with van der Waals surface area (Å²) < 4.78 is 0. The molecule has 0 aromatic heterocycles. The molecule has 0 heterocycles. The van der Waals surface area contributed by atoms with Gasteiger partial charge in [-0.2, -0.15) is 0 Å². The second-order valence-corrected chi connectivity index (χ2v) is 5.62. The Labute approximate surface area is 106 Å². The Hall–Kier alpha value is -0.860. The van der Waals surface area contributed by atoms with Crippen LogP contribution in [0.1, 0.15) is 44.7 Å². The summed E-state index contributed by atoms with van der Waals surface area (Å²) in [5.74, 6) is 0.606. The molecule has 2 nitrogen and oxygen atoms in total. The summed E-state index contributed by atoms with van der Waals surface area (Å²) in [5, 5.41) is 6.50. The minimum absolute atomic E-state index is 0.173. The molecule has 0 spiro atoms. The average molecular weight is 234 g/mol. The third kappa shape index (κ3) is 4.14. The summed E-state index contributed by atoms with van der Waals surface area (Å²) in [6.07, 6.45) is 0. The van der Waals surface area contributed by atoms with E-state index in [1.807, 2.05) is 7.05 Å². The molecule has 1 rings (SSSR count). The van der Waals surface area contributed by atoms with Crippen molar-refractivity contribution in [3.63, 3.8) is 0 Å². The summed E-state index contributed by atoms with van der Waals surface area (Å²) in [5.41, 5.74) is 2.98. The third-order valence-corrected chi connectivity index (χ3v) is 3.23. The molecule has 0 saturated heterocycles. The molecular weight excluding hydrogens is 208 g/mol. The van der Waals surface area contributed by atoms with Gasteiger partial charge in [0.1, 0.15) is 0 Å². The lowest BCUT2D eigenvalue weighted by atomic mass is 9.83. The second kappa shape index (κ2) is 6.18. The summed E-state index contributed by atoms with van der Waals surface area (Å²) in [6.45, 7) is 10.9. The highest BCUT2D eigenvalue weighted by atomic mass is 15.0.